The van der Waals surface area contributed by atoms with Crippen molar-refractivity contribution < 1.29 is 19.1 Å². The molecule has 1 aromatic carbocycles. The minimum absolute atomic E-state index is 0.0829. The van der Waals surface area contributed by atoms with E-state index in [1.165, 1.54) is 19.2 Å². The van der Waals surface area contributed by atoms with Crippen molar-refractivity contribution in [1.82, 2.24) is 4.98 Å². The van der Waals surface area contributed by atoms with E-state index in [0.29, 0.717) is 18.0 Å². The van der Waals surface area contributed by atoms with Gasteiger partial charge in [-0.05, 0) is 44.2 Å². The fraction of sp³-hybridized carbons (Fsp3) is 0.235. The summed E-state index contributed by atoms with van der Waals surface area (Å²) in [4.78, 5) is 27.9. The van der Waals surface area contributed by atoms with Gasteiger partial charge in [0.15, 0.2) is 6.10 Å². The van der Waals surface area contributed by atoms with Crippen LogP contribution in [0.2, 0.25) is 10.2 Å². The molecule has 25 heavy (non-hydrogen) atoms. The number of carbonyl (C=O) groups excluding carboxylic acids is 2. The summed E-state index contributed by atoms with van der Waals surface area (Å²) in [5.41, 5.74) is 0.669. The first-order chi connectivity index (χ1) is 11.9. The van der Waals surface area contributed by atoms with Crippen LogP contribution in [0.3, 0.4) is 0 Å². The first kappa shape index (κ1) is 19.0. The van der Waals surface area contributed by atoms with Crippen LogP contribution in [0.25, 0.3) is 0 Å². The third-order valence-corrected chi connectivity index (χ3v) is 3.80. The summed E-state index contributed by atoms with van der Waals surface area (Å²) in [5.74, 6) is -0.488. The molecule has 8 heteroatoms. The lowest BCUT2D eigenvalue weighted by molar-refractivity contribution is -0.123. The first-order valence-corrected chi connectivity index (χ1v) is 8.22. The number of halogens is 2. The van der Waals surface area contributed by atoms with Gasteiger partial charge in [0.2, 0.25) is 0 Å². The lowest BCUT2D eigenvalue weighted by Crippen LogP contribution is -2.30. The highest BCUT2D eigenvalue weighted by Gasteiger charge is 2.20. The van der Waals surface area contributed by atoms with E-state index in [1.807, 2.05) is 6.92 Å². The lowest BCUT2D eigenvalue weighted by Gasteiger charge is -2.14. The minimum atomic E-state index is -1.01. The van der Waals surface area contributed by atoms with Crippen molar-refractivity contribution in [3.05, 3.63) is 52.3 Å². The van der Waals surface area contributed by atoms with E-state index >= 15 is 0 Å². The average Bonchev–Trinajstić information content (AvgIpc) is 2.59. The van der Waals surface area contributed by atoms with Gasteiger partial charge in [0.25, 0.3) is 5.91 Å². The summed E-state index contributed by atoms with van der Waals surface area (Å²) in [7, 11) is 0. The van der Waals surface area contributed by atoms with E-state index in [4.69, 9.17) is 32.7 Å². The Hall–Kier alpha value is -2.31. The highest BCUT2D eigenvalue weighted by atomic mass is 35.5. The predicted molar refractivity (Wildman–Crippen MR) is 95.4 cm³/mol. The third-order valence-electron chi connectivity index (χ3n) is 3.12. The van der Waals surface area contributed by atoms with Gasteiger partial charge >= 0.3 is 5.97 Å². The van der Waals surface area contributed by atoms with Crippen LogP contribution in [0.4, 0.5) is 5.69 Å². The summed E-state index contributed by atoms with van der Waals surface area (Å²) < 4.78 is 10.4. The molecule has 0 aliphatic heterocycles. The smallest absolute Gasteiger partial charge is 0.340 e. The molecule has 1 aromatic heterocycles. The van der Waals surface area contributed by atoms with E-state index in [1.54, 1.807) is 24.3 Å². The van der Waals surface area contributed by atoms with Crippen LogP contribution < -0.4 is 10.1 Å². The van der Waals surface area contributed by atoms with Crippen LogP contribution in [-0.4, -0.2) is 29.6 Å². The topological polar surface area (TPSA) is 77.5 Å². The van der Waals surface area contributed by atoms with E-state index in [0.717, 1.165) is 0 Å². The second kappa shape index (κ2) is 8.69. The number of aromatic nitrogens is 1. The molecule has 0 radical (unpaired) electrons. The fourth-order valence-electron chi connectivity index (χ4n) is 1.86. The fourth-order valence-corrected chi connectivity index (χ4v) is 2.13. The van der Waals surface area contributed by atoms with Crippen molar-refractivity contribution in [2.75, 3.05) is 11.9 Å². The van der Waals surface area contributed by atoms with Gasteiger partial charge in [-0.25, -0.2) is 9.78 Å². The van der Waals surface area contributed by atoms with Crippen molar-refractivity contribution in [1.29, 1.82) is 0 Å². The molecule has 0 aliphatic carbocycles. The molecule has 0 aliphatic rings. The van der Waals surface area contributed by atoms with Gasteiger partial charge in [0.05, 0.1) is 17.2 Å². The van der Waals surface area contributed by atoms with Crippen molar-refractivity contribution in [2.45, 2.75) is 20.0 Å². The number of hydrogen-bond donors (Lipinski definition) is 1. The predicted octanol–water partition coefficient (Wildman–Crippen LogP) is 3.97. The molecule has 0 fully saturated rings. The maximum Gasteiger partial charge on any atom is 0.340 e. The Balaban J connectivity index is 1.94. The highest BCUT2D eigenvalue weighted by Crippen LogP contribution is 2.20. The lowest BCUT2D eigenvalue weighted by atomic mass is 10.2. The average molecular weight is 383 g/mol. The number of hydrogen-bond acceptors (Lipinski definition) is 5. The van der Waals surface area contributed by atoms with Crippen molar-refractivity contribution in [3.8, 4) is 5.75 Å². The largest absolute Gasteiger partial charge is 0.494 e. The molecular weight excluding hydrogens is 367 g/mol. The zero-order valence-electron chi connectivity index (χ0n) is 13.6. The molecule has 1 atom stereocenters. The normalized spacial score (nSPS) is 11.5. The molecule has 132 valence electrons. The first-order valence-electron chi connectivity index (χ1n) is 7.46. The molecule has 1 N–H and O–H groups in total. The van der Waals surface area contributed by atoms with Crippen LogP contribution in [0, 0.1) is 0 Å². The second-order valence-corrected chi connectivity index (χ2v) is 5.76. The molecule has 6 nitrogen and oxygen atoms in total. The number of nitrogens with one attached hydrogen (secondary N) is 1. The number of ether oxygens (including phenoxy) is 2. The zero-order chi connectivity index (χ0) is 18.4. The Kier molecular flexibility index (Phi) is 6.61. The second-order valence-electron chi connectivity index (χ2n) is 4.99. The summed E-state index contributed by atoms with van der Waals surface area (Å²) in [5, 5.41) is 2.86. The molecular formula is C17H16Cl2N2O4. The summed E-state index contributed by atoms with van der Waals surface area (Å²) in [6.45, 7) is 3.91. The maximum atomic E-state index is 12.1. The Morgan fingerprint density at radius 2 is 1.92 bits per heavy atom. The molecule has 1 heterocycles. The van der Waals surface area contributed by atoms with Crippen LogP contribution in [0.5, 0.6) is 5.75 Å². The molecule has 2 aromatic rings. The number of carbonyl (C=O) groups is 2. The molecule has 2 rings (SSSR count). The van der Waals surface area contributed by atoms with Gasteiger partial charge in [-0.2, -0.15) is 0 Å². The quantitative estimate of drug-likeness (QED) is 0.603. The SMILES string of the molecule is CCOc1ccc(NC(=O)C(C)OC(=O)c2cnc(Cl)c(Cl)c2)cc1. The van der Waals surface area contributed by atoms with Gasteiger partial charge in [-0.1, -0.05) is 23.2 Å². The Morgan fingerprint density at radius 1 is 1.24 bits per heavy atom. The Labute approximate surface area is 155 Å². The maximum absolute atomic E-state index is 12.1. The molecule has 0 bridgehead atoms. The van der Waals surface area contributed by atoms with Gasteiger partial charge in [-0.15, -0.1) is 0 Å². The van der Waals surface area contributed by atoms with Gasteiger partial charge in [-0.3, -0.25) is 4.79 Å². The van der Waals surface area contributed by atoms with Crippen LogP contribution in [0.1, 0.15) is 24.2 Å². The third kappa shape index (κ3) is 5.34. The summed E-state index contributed by atoms with van der Waals surface area (Å²) >= 11 is 11.5. The molecule has 0 spiro atoms. The van der Waals surface area contributed by atoms with Crippen LogP contribution in [-0.2, 0) is 9.53 Å². The van der Waals surface area contributed by atoms with Crippen molar-refractivity contribution in [3.63, 3.8) is 0 Å². The van der Waals surface area contributed by atoms with Crippen molar-refractivity contribution >= 4 is 40.8 Å². The standard InChI is InChI=1S/C17H16Cl2N2O4/c1-3-24-13-6-4-12(5-7-13)21-16(22)10(2)25-17(23)11-8-14(18)15(19)20-9-11/h4-10H,3H2,1-2H3,(H,21,22). The van der Waals surface area contributed by atoms with Crippen molar-refractivity contribution in [2.24, 2.45) is 0 Å². The van der Waals surface area contributed by atoms with Gasteiger partial charge < -0.3 is 14.8 Å². The number of esters is 1. The number of benzene rings is 1. The zero-order valence-corrected chi connectivity index (χ0v) is 15.1. The number of amides is 1. The summed E-state index contributed by atoms with van der Waals surface area (Å²) in [6, 6.07) is 8.19. The monoisotopic (exact) mass is 382 g/mol. The Morgan fingerprint density at radius 3 is 2.52 bits per heavy atom. The molecule has 1 amide bonds. The van der Waals surface area contributed by atoms with E-state index in [2.05, 4.69) is 10.3 Å². The molecule has 1 unspecified atom stereocenters. The number of anilines is 1. The van der Waals surface area contributed by atoms with Gasteiger partial charge in [0, 0.05) is 11.9 Å². The van der Waals surface area contributed by atoms with Gasteiger partial charge in [0.1, 0.15) is 10.9 Å². The highest BCUT2D eigenvalue weighted by molar-refractivity contribution is 6.41. The number of nitrogens with zero attached hydrogens (tertiary/aromatic N) is 1. The number of rotatable bonds is 6. The Bertz CT molecular complexity index is 766. The van der Waals surface area contributed by atoms with Crippen LogP contribution in [0.15, 0.2) is 36.5 Å². The molecule has 0 saturated heterocycles. The van der Waals surface area contributed by atoms with E-state index < -0.39 is 18.0 Å². The van der Waals surface area contributed by atoms with Crippen LogP contribution >= 0.6 is 23.2 Å². The minimum Gasteiger partial charge on any atom is -0.494 e. The summed E-state index contributed by atoms with van der Waals surface area (Å²) in [6.07, 6.45) is 0.224. The number of pyridine rings is 1. The van der Waals surface area contributed by atoms with E-state index in [-0.39, 0.29) is 15.7 Å². The molecule has 0 saturated carbocycles. The van der Waals surface area contributed by atoms with E-state index in [9.17, 15) is 9.59 Å².